The van der Waals surface area contributed by atoms with Crippen molar-refractivity contribution in [2.24, 2.45) is 5.90 Å². The summed E-state index contributed by atoms with van der Waals surface area (Å²) in [5, 5.41) is 0. The van der Waals surface area contributed by atoms with Crippen LogP contribution in [-0.4, -0.2) is 26.9 Å². The first-order chi connectivity index (χ1) is 8.85. The van der Waals surface area contributed by atoms with Gasteiger partial charge in [-0.15, -0.1) is 0 Å². The van der Waals surface area contributed by atoms with Crippen LogP contribution in [0.5, 0.6) is 5.75 Å². The van der Waals surface area contributed by atoms with Crippen LogP contribution in [0.3, 0.4) is 0 Å². The van der Waals surface area contributed by atoms with Gasteiger partial charge in [0.2, 0.25) is 0 Å². The van der Waals surface area contributed by atoms with Gasteiger partial charge < -0.3 is 14.3 Å². The molecular formula is C14H21NO3. The predicted octanol–water partition coefficient (Wildman–Crippen LogP) is 2.02. The molecule has 4 heteroatoms. The first kappa shape index (κ1) is 13.3. The number of rotatable bonds is 5. The Balaban J connectivity index is 2.15. The summed E-state index contributed by atoms with van der Waals surface area (Å²) in [7, 11) is 1.69. The third kappa shape index (κ3) is 3.22. The molecule has 0 spiro atoms. The second-order valence-electron chi connectivity index (χ2n) is 4.58. The lowest BCUT2D eigenvalue weighted by Crippen LogP contribution is -2.14. The van der Waals surface area contributed by atoms with Gasteiger partial charge in [0.25, 0.3) is 0 Å². The quantitative estimate of drug-likeness (QED) is 0.813. The van der Waals surface area contributed by atoms with Gasteiger partial charge in [0.05, 0.1) is 13.7 Å². The maximum atomic E-state index is 5.40. The molecule has 0 unspecified atom stereocenters. The second kappa shape index (κ2) is 6.73. The fraction of sp³-hybridized carbons (Fsp3) is 0.571. The molecule has 100 valence electrons. The zero-order chi connectivity index (χ0) is 12.8. The van der Waals surface area contributed by atoms with Crippen molar-refractivity contribution >= 4 is 0 Å². The Bertz CT molecular complexity index is 375. The molecule has 2 N–H and O–H groups in total. The summed E-state index contributed by atoms with van der Waals surface area (Å²) in [5.74, 6) is 6.60. The standard InChI is InChI=1S/C14H21NO3/c1-16-14-3-2-12(10-13(14)6-9-18-15)11-4-7-17-8-5-11/h2-3,10-11H,4-9,15H2,1H3. The summed E-state index contributed by atoms with van der Waals surface area (Å²) in [5.41, 5.74) is 2.53. The second-order valence-corrected chi connectivity index (χ2v) is 4.58. The SMILES string of the molecule is COc1ccc(C2CCOCC2)cc1CCON. The van der Waals surface area contributed by atoms with Crippen LogP contribution in [0.25, 0.3) is 0 Å². The van der Waals surface area contributed by atoms with Crippen molar-refractivity contribution < 1.29 is 14.3 Å². The summed E-state index contributed by atoms with van der Waals surface area (Å²) in [6, 6.07) is 6.41. The Kier molecular flexibility index (Phi) is 4.99. The average molecular weight is 251 g/mol. The van der Waals surface area contributed by atoms with Crippen molar-refractivity contribution in [1.82, 2.24) is 0 Å². The van der Waals surface area contributed by atoms with Gasteiger partial charge in [-0.3, -0.25) is 0 Å². The molecule has 1 heterocycles. The fourth-order valence-electron chi connectivity index (χ4n) is 2.45. The minimum atomic E-state index is 0.508. The van der Waals surface area contributed by atoms with Gasteiger partial charge in [-0.25, -0.2) is 5.90 Å². The molecule has 1 aliphatic heterocycles. The monoisotopic (exact) mass is 251 g/mol. The van der Waals surface area contributed by atoms with E-state index in [0.717, 1.165) is 43.8 Å². The molecule has 18 heavy (non-hydrogen) atoms. The number of benzene rings is 1. The van der Waals surface area contributed by atoms with Crippen LogP contribution < -0.4 is 10.6 Å². The lowest BCUT2D eigenvalue weighted by atomic mass is 9.90. The predicted molar refractivity (Wildman–Crippen MR) is 69.6 cm³/mol. The van der Waals surface area contributed by atoms with Gasteiger partial charge in [-0.05, 0) is 36.0 Å². The zero-order valence-corrected chi connectivity index (χ0v) is 10.9. The Morgan fingerprint density at radius 2 is 2.11 bits per heavy atom. The first-order valence-corrected chi connectivity index (χ1v) is 6.41. The highest BCUT2D eigenvalue weighted by molar-refractivity contribution is 5.39. The van der Waals surface area contributed by atoms with Gasteiger partial charge in [0.15, 0.2) is 0 Å². The van der Waals surface area contributed by atoms with Crippen molar-refractivity contribution in [3.8, 4) is 5.75 Å². The summed E-state index contributed by atoms with van der Waals surface area (Å²) in [6.45, 7) is 2.23. The van der Waals surface area contributed by atoms with E-state index in [9.17, 15) is 0 Å². The van der Waals surface area contributed by atoms with Gasteiger partial charge in [-0.2, -0.15) is 0 Å². The highest BCUT2D eigenvalue weighted by Gasteiger charge is 2.17. The van der Waals surface area contributed by atoms with Crippen molar-refractivity contribution in [2.45, 2.75) is 25.2 Å². The van der Waals surface area contributed by atoms with E-state index in [2.05, 4.69) is 17.0 Å². The van der Waals surface area contributed by atoms with Crippen LogP contribution in [0.4, 0.5) is 0 Å². The molecule has 0 saturated carbocycles. The normalized spacial score (nSPS) is 16.8. The molecule has 0 atom stereocenters. The average Bonchev–Trinajstić information content (AvgIpc) is 2.45. The topological polar surface area (TPSA) is 53.7 Å². The Morgan fingerprint density at radius 3 is 2.78 bits per heavy atom. The fourth-order valence-corrected chi connectivity index (χ4v) is 2.45. The van der Waals surface area contributed by atoms with E-state index in [1.807, 2.05) is 6.07 Å². The Morgan fingerprint density at radius 1 is 1.33 bits per heavy atom. The summed E-state index contributed by atoms with van der Waals surface area (Å²) in [6.07, 6.45) is 2.97. The number of nitrogens with two attached hydrogens (primary N) is 1. The number of hydrogen-bond acceptors (Lipinski definition) is 4. The maximum Gasteiger partial charge on any atom is 0.122 e. The molecule has 0 aliphatic carbocycles. The van der Waals surface area contributed by atoms with Crippen molar-refractivity contribution in [2.75, 3.05) is 26.9 Å². The number of ether oxygens (including phenoxy) is 2. The lowest BCUT2D eigenvalue weighted by molar-refractivity contribution is 0.0853. The Hall–Kier alpha value is -1.10. The molecule has 0 radical (unpaired) electrons. The zero-order valence-electron chi connectivity index (χ0n) is 10.9. The minimum Gasteiger partial charge on any atom is -0.496 e. The van der Waals surface area contributed by atoms with E-state index in [0.29, 0.717) is 12.5 Å². The third-order valence-corrected chi connectivity index (χ3v) is 3.49. The van der Waals surface area contributed by atoms with E-state index in [1.54, 1.807) is 7.11 Å². The van der Waals surface area contributed by atoms with E-state index in [4.69, 9.17) is 15.4 Å². The summed E-state index contributed by atoms with van der Waals surface area (Å²) < 4.78 is 10.8. The molecule has 2 rings (SSSR count). The third-order valence-electron chi connectivity index (χ3n) is 3.49. The van der Waals surface area contributed by atoms with E-state index >= 15 is 0 Å². The number of hydrogen-bond donors (Lipinski definition) is 1. The molecule has 4 nitrogen and oxygen atoms in total. The van der Waals surface area contributed by atoms with E-state index in [1.165, 1.54) is 5.56 Å². The van der Waals surface area contributed by atoms with Crippen LogP contribution in [0.1, 0.15) is 29.9 Å². The molecule has 1 aromatic carbocycles. The smallest absolute Gasteiger partial charge is 0.122 e. The minimum absolute atomic E-state index is 0.508. The van der Waals surface area contributed by atoms with Gasteiger partial charge in [0.1, 0.15) is 5.75 Å². The van der Waals surface area contributed by atoms with Gasteiger partial charge >= 0.3 is 0 Å². The molecule has 1 aromatic rings. The highest BCUT2D eigenvalue weighted by Crippen LogP contribution is 2.30. The lowest BCUT2D eigenvalue weighted by Gasteiger charge is -2.23. The highest BCUT2D eigenvalue weighted by atomic mass is 16.6. The molecule has 1 fully saturated rings. The molecule has 1 saturated heterocycles. The van der Waals surface area contributed by atoms with E-state index in [-0.39, 0.29) is 0 Å². The summed E-state index contributed by atoms with van der Waals surface area (Å²) in [4.78, 5) is 4.66. The van der Waals surface area contributed by atoms with Crippen molar-refractivity contribution in [1.29, 1.82) is 0 Å². The largest absolute Gasteiger partial charge is 0.496 e. The van der Waals surface area contributed by atoms with E-state index < -0.39 is 0 Å². The molecule has 0 bridgehead atoms. The summed E-state index contributed by atoms with van der Waals surface area (Å²) >= 11 is 0. The molecule has 0 amide bonds. The first-order valence-electron chi connectivity index (χ1n) is 6.41. The van der Waals surface area contributed by atoms with Crippen LogP contribution >= 0.6 is 0 Å². The van der Waals surface area contributed by atoms with Gasteiger partial charge in [-0.1, -0.05) is 12.1 Å². The maximum absolute atomic E-state index is 5.40. The van der Waals surface area contributed by atoms with Crippen LogP contribution in [-0.2, 0) is 16.0 Å². The Labute approximate surface area is 108 Å². The van der Waals surface area contributed by atoms with Crippen LogP contribution in [0, 0.1) is 0 Å². The molecule has 0 aromatic heterocycles. The van der Waals surface area contributed by atoms with Gasteiger partial charge in [0, 0.05) is 19.6 Å². The van der Waals surface area contributed by atoms with Crippen LogP contribution in [0.2, 0.25) is 0 Å². The van der Waals surface area contributed by atoms with Crippen LogP contribution in [0.15, 0.2) is 18.2 Å². The molecular weight excluding hydrogens is 230 g/mol. The molecule has 1 aliphatic rings. The van der Waals surface area contributed by atoms with Crippen molar-refractivity contribution in [3.63, 3.8) is 0 Å². The van der Waals surface area contributed by atoms with Crippen molar-refractivity contribution in [3.05, 3.63) is 29.3 Å². The number of methoxy groups -OCH3 is 1.